The minimum Gasteiger partial charge on any atom is -0.408 e. The Morgan fingerprint density at radius 3 is 2.86 bits per heavy atom. The number of fused-ring (bicyclic) bond motifs is 2. The summed E-state index contributed by atoms with van der Waals surface area (Å²) < 4.78 is 20.0. The van der Waals surface area contributed by atoms with Crippen molar-refractivity contribution < 1.29 is 18.4 Å². The molecule has 1 unspecified atom stereocenters. The summed E-state index contributed by atoms with van der Waals surface area (Å²) in [5, 5.41) is 9.69. The third kappa shape index (κ3) is 4.60. The predicted molar refractivity (Wildman–Crippen MR) is 125 cm³/mol. The lowest BCUT2D eigenvalue weighted by Crippen LogP contribution is -2.30. The summed E-state index contributed by atoms with van der Waals surface area (Å²) in [6.07, 6.45) is 4.24. The second kappa shape index (κ2) is 9.01. The van der Waals surface area contributed by atoms with E-state index in [4.69, 9.17) is 4.42 Å². The Balaban J connectivity index is 1.31. The molecule has 2 amide bonds. The van der Waals surface area contributed by atoms with Crippen molar-refractivity contribution in [2.24, 2.45) is 0 Å². The first kappa shape index (κ1) is 22.3. The van der Waals surface area contributed by atoms with E-state index in [0.717, 1.165) is 11.1 Å². The van der Waals surface area contributed by atoms with Crippen molar-refractivity contribution in [3.05, 3.63) is 87.3 Å². The van der Waals surface area contributed by atoms with Gasteiger partial charge in [0.1, 0.15) is 17.6 Å². The summed E-state index contributed by atoms with van der Waals surface area (Å²) in [5.41, 5.74) is 3.65. The van der Waals surface area contributed by atoms with E-state index in [0.29, 0.717) is 22.3 Å². The Bertz CT molecular complexity index is 1580. The van der Waals surface area contributed by atoms with E-state index in [1.807, 2.05) is 0 Å². The predicted octanol–water partition coefficient (Wildman–Crippen LogP) is 2.44. The van der Waals surface area contributed by atoms with Crippen molar-refractivity contribution in [2.45, 2.75) is 26.1 Å². The molecule has 3 heterocycles. The third-order valence-corrected chi connectivity index (χ3v) is 5.71. The van der Waals surface area contributed by atoms with Crippen LogP contribution in [-0.4, -0.2) is 44.1 Å². The number of aromatic amines is 1. The Labute approximate surface area is 197 Å². The zero-order valence-electron chi connectivity index (χ0n) is 18.7. The molecule has 5 rings (SSSR count). The number of hydrogen-bond acceptors (Lipinski definition) is 6. The molecular formula is C24H21FN6O4. The zero-order chi connectivity index (χ0) is 24.5. The number of hydrogen-bond donors (Lipinski definition) is 3. The number of nitrogens with one attached hydrogen (secondary N) is 3. The first-order valence-corrected chi connectivity index (χ1v) is 10.9. The van der Waals surface area contributed by atoms with Gasteiger partial charge in [0, 0.05) is 31.6 Å². The molecule has 0 radical (unpaired) electrons. The zero-order valence-corrected chi connectivity index (χ0v) is 18.7. The van der Waals surface area contributed by atoms with Gasteiger partial charge < -0.3 is 15.1 Å². The highest BCUT2D eigenvalue weighted by atomic mass is 19.1. The van der Waals surface area contributed by atoms with Crippen molar-refractivity contribution in [1.29, 1.82) is 0 Å². The van der Waals surface area contributed by atoms with E-state index in [2.05, 4.69) is 25.7 Å². The maximum atomic E-state index is 13.6. The van der Waals surface area contributed by atoms with Gasteiger partial charge in [0.05, 0.1) is 11.7 Å². The van der Waals surface area contributed by atoms with Crippen LogP contribution in [-0.2, 0) is 6.54 Å². The van der Waals surface area contributed by atoms with E-state index >= 15 is 0 Å². The van der Waals surface area contributed by atoms with Gasteiger partial charge in [0.25, 0.3) is 11.8 Å². The molecule has 1 atom stereocenters. The number of amides is 2. The van der Waals surface area contributed by atoms with Crippen LogP contribution in [0.5, 0.6) is 0 Å². The van der Waals surface area contributed by atoms with E-state index < -0.39 is 23.7 Å². The van der Waals surface area contributed by atoms with Crippen LogP contribution in [0, 0.1) is 0 Å². The summed E-state index contributed by atoms with van der Waals surface area (Å²) in [4.78, 5) is 44.0. The van der Waals surface area contributed by atoms with Crippen LogP contribution in [0.25, 0.3) is 16.7 Å². The molecule has 0 aliphatic heterocycles. The van der Waals surface area contributed by atoms with Crippen molar-refractivity contribution in [2.75, 3.05) is 6.54 Å². The average Bonchev–Trinajstić information content (AvgIpc) is 3.47. The van der Waals surface area contributed by atoms with Gasteiger partial charge in [-0.25, -0.2) is 18.7 Å². The van der Waals surface area contributed by atoms with Crippen LogP contribution in [0.4, 0.5) is 4.39 Å². The molecule has 10 nitrogen and oxygen atoms in total. The molecule has 35 heavy (non-hydrogen) atoms. The standard InChI is InChI=1S/C24H21FN6O4/c1-13-8-14(2-4-16(13)25)11-27-23(33)19-10-18(29-21-6-7-28-31(19)21)22(32)26-12-15-3-5-20-17(9-15)30-24(34)35-20/h2-3,5-10,16H,4,11-12H2,1H3,(H,26,32)(H,27,33)(H,30,34). The lowest BCUT2D eigenvalue weighted by molar-refractivity contribution is 0.0945. The van der Waals surface area contributed by atoms with Gasteiger partial charge in [0.15, 0.2) is 11.2 Å². The molecule has 0 fully saturated rings. The van der Waals surface area contributed by atoms with E-state index in [1.54, 1.807) is 43.3 Å². The lowest BCUT2D eigenvalue weighted by atomic mass is 9.99. The molecule has 1 aromatic carbocycles. The molecule has 11 heteroatoms. The molecule has 178 valence electrons. The average molecular weight is 476 g/mol. The number of allylic oxidation sites excluding steroid dienone is 2. The highest BCUT2D eigenvalue weighted by Gasteiger charge is 2.19. The summed E-state index contributed by atoms with van der Waals surface area (Å²) in [5.74, 6) is -1.48. The molecule has 0 saturated carbocycles. The summed E-state index contributed by atoms with van der Waals surface area (Å²) >= 11 is 0. The first-order valence-electron chi connectivity index (χ1n) is 10.9. The number of rotatable bonds is 6. The Morgan fingerprint density at radius 1 is 1.20 bits per heavy atom. The van der Waals surface area contributed by atoms with Gasteiger partial charge in [-0.15, -0.1) is 0 Å². The molecule has 0 bridgehead atoms. The van der Waals surface area contributed by atoms with Gasteiger partial charge in [-0.3, -0.25) is 14.6 Å². The summed E-state index contributed by atoms with van der Waals surface area (Å²) in [7, 11) is 0. The Morgan fingerprint density at radius 2 is 2.03 bits per heavy atom. The molecular weight excluding hydrogens is 455 g/mol. The number of carbonyl (C=O) groups is 2. The number of H-pyrrole nitrogens is 1. The van der Waals surface area contributed by atoms with Crippen molar-refractivity contribution in [3.63, 3.8) is 0 Å². The van der Waals surface area contributed by atoms with Gasteiger partial charge in [-0.05, 0) is 35.8 Å². The molecule has 4 aromatic rings. The van der Waals surface area contributed by atoms with E-state index in [1.165, 1.54) is 16.8 Å². The number of alkyl halides is 1. The van der Waals surface area contributed by atoms with Gasteiger partial charge in [-0.1, -0.05) is 18.2 Å². The number of carbonyl (C=O) groups excluding carboxylic acids is 2. The maximum Gasteiger partial charge on any atom is 0.417 e. The number of nitrogens with zero attached hydrogens (tertiary/aromatic N) is 3. The lowest BCUT2D eigenvalue weighted by Gasteiger charge is -2.15. The number of benzene rings is 1. The molecule has 1 aliphatic carbocycles. The second-order valence-corrected chi connectivity index (χ2v) is 8.21. The minimum atomic E-state index is -0.997. The van der Waals surface area contributed by atoms with Crippen LogP contribution in [0.1, 0.15) is 39.9 Å². The fourth-order valence-electron chi connectivity index (χ4n) is 3.85. The highest BCUT2D eigenvalue weighted by Crippen LogP contribution is 2.20. The number of aromatic nitrogens is 4. The first-order chi connectivity index (χ1) is 16.9. The monoisotopic (exact) mass is 476 g/mol. The fourth-order valence-corrected chi connectivity index (χ4v) is 3.85. The number of halogens is 1. The van der Waals surface area contributed by atoms with E-state index in [-0.39, 0.29) is 30.9 Å². The van der Waals surface area contributed by atoms with Gasteiger partial charge in [-0.2, -0.15) is 5.10 Å². The molecule has 3 N–H and O–H groups in total. The Hall–Kier alpha value is -4.54. The highest BCUT2D eigenvalue weighted by molar-refractivity contribution is 5.98. The van der Waals surface area contributed by atoms with Gasteiger partial charge in [0.2, 0.25) is 0 Å². The second-order valence-electron chi connectivity index (χ2n) is 8.21. The van der Waals surface area contributed by atoms with Crippen molar-refractivity contribution in [1.82, 2.24) is 30.2 Å². The van der Waals surface area contributed by atoms with Crippen molar-refractivity contribution in [3.8, 4) is 0 Å². The largest absolute Gasteiger partial charge is 0.417 e. The van der Waals surface area contributed by atoms with Crippen LogP contribution < -0.4 is 16.4 Å². The maximum absolute atomic E-state index is 13.6. The van der Waals surface area contributed by atoms with Crippen LogP contribution >= 0.6 is 0 Å². The Kier molecular flexibility index (Phi) is 5.73. The topological polar surface area (TPSA) is 134 Å². The SMILES string of the molecule is CC1=CC(CNC(=O)c2cc(C(=O)NCc3ccc4oc(=O)[nH]c4c3)nc3ccnn23)=CCC1F. The molecule has 0 spiro atoms. The minimum absolute atomic E-state index is 0.0499. The summed E-state index contributed by atoms with van der Waals surface area (Å²) in [6, 6.07) is 8.03. The summed E-state index contributed by atoms with van der Waals surface area (Å²) in [6.45, 7) is 2.10. The van der Waals surface area contributed by atoms with E-state index in [9.17, 15) is 18.8 Å². The van der Waals surface area contributed by atoms with Crippen LogP contribution in [0.3, 0.4) is 0 Å². The smallest absolute Gasteiger partial charge is 0.408 e. The molecule has 0 saturated heterocycles. The quantitative estimate of drug-likeness (QED) is 0.391. The van der Waals surface area contributed by atoms with Crippen molar-refractivity contribution >= 4 is 28.6 Å². The van der Waals surface area contributed by atoms with Crippen LogP contribution in [0.15, 0.2) is 69.0 Å². The number of oxazole rings is 1. The van der Waals surface area contributed by atoms with Gasteiger partial charge >= 0.3 is 5.76 Å². The fraction of sp³-hybridized carbons (Fsp3) is 0.208. The molecule has 3 aromatic heterocycles. The normalized spacial score (nSPS) is 15.7. The third-order valence-electron chi connectivity index (χ3n) is 5.71. The molecule has 1 aliphatic rings. The van der Waals surface area contributed by atoms with Crippen LogP contribution in [0.2, 0.25) is 0 Å².